The Labute approximate surface area is 116 Å². The van der Waals surface area contributed by atoms with Crippen LogP contribution in [0, 0.1) is 0 Å². The van der Waals surface area contributed by atoms with Gasteiger partial charge < -0.3 is 20.6 Å². The first kappa shape index (κ1) is 14.0. The molecule has 0 aromatic heterocycles. The molecule has 20 heavy (non-hydrogen) atoms. The second-order valence-electron chi connectivity index (χ2n) is 4.33. The Bertz CT molecular complexity index is 610. The molecule has 0 heterocycles. The van der Waals surface area contributed by atoms with Gasteiger partial charge in [0.05, 0.1) is 12.1 Å². The van der Waals surface area contributed by atoms with Gasteiger partial charge in [0.15, 0.2) is 6.29 Å². The second-order valence-corrected chi connectivity index (χ2v) is 4.33. The number of anilines is 1. The number of nitrogens with one attached hydrogen (secondary N) is 1. The highest BCUT2D eigenvalue weighted by molar-refractivity contribution is 5.89. The van der Waals surface area contributed by atoms with E-state index in [9.17, 15) is 4.79 Å². The highest BCUT2D eigenvalue weighted by Gasteiger charge is 2.05. The summed E-state index contributed by atoms with van der Waals surface area (Å²) in [6.07, 6.45) is -1.42. The Kier molecular flexibility index (Phi) is 4.34. The van der Waals surface area contributed by atoms with Gasteiger partial charge in [0.2, 0.25) is 0 Å². The molecule has 0 aliphatic rings. The Hall–Kier alpha value is -2.37. The third-order valence-electron chi connectivity index (χ3n) is 2.79. The summed E-state index contributed by atoms with van der Waals surface area (Å²) in [6.45, 7) is 0.0264. The van der Waals surface area contributed by atoms with Crippen molar-refractivity contribution in [2.75, 3.05) is 11.9 Å². The van der Waals surface area contributed by atoms with E-state index in [4.69, 9.17) is 15.3 Å². The zero-order valence-electron chi connectivity index (χ0n) is 10.7. The van der Waals surface area contributed by atoms with Gasteiger partial charge in [0, 0.05) is 5.69 Å². The van der Waals surface area contributed by atoms with E-state index in [0.29, 0.717) is 0 Å². The van der Waals surface area contributed by atoms with Gasteiger partial charge in [0.1, 0.15) is 0 Å². The fourth-order valence-electron chi connectivity index (χ4n) is 1.85. The van der Waals surface area contributed by atoms with Crippen molar-refractivity contribution in [2.24, 2.45) is 0 Å². The quantitative estimate of drug-likeness (QED) is 0.623. The van der Waals surface area contributed by atoms with Crippen molar-refractivity contribution in [2.45, 2.75) is 6.29 Å². The monoisotopic (exact) mass is 273 g/mol. The molecule has 0 radical (unpaired) electrons. The Balaban J connectivity index is 2.26. The van der Waals surface area contributed by atoms with E-state index in [2.05, 4.69) is 5.32 Å². The molecular formula is C15H15NO4. The fraction of sp³-hybridized carbons (Fsp3) is 0.133. The summed E-state index contributed by atoms with van der Waals surface area (Å²) < 4.78 is 0. The predicted octanol–water partition coefficient (Wildman–Crippen LogP) is 1.77. The standard InChI is InChI=1S/C15H15NO4/c17-14(18)9-16-13-6-2-4-11(8-13)10-3-1-5-12(7-10)15(19)20/h1-8,14,16-18H,9H2,(H,19,20). The first-order valence-electron chi connectivity index (χ1n) is 6.10. The number of aliphatic hydroxyl groups excluding tert-OH is 1. The van der Waals surface area contributed by atoms with Crippen LogP contribution in [0.3, 0.4) is 0 Å². The van der Waals surface area contributed by atoms with E-state index in [1.54, 1.807) is 18.2 Å². The van der Waals surface area contributed by atoms with Gasteiger partial charge in [-0.2, -0.15) is 0 Å². The molecule has 0 aliphatic carbocycles. The van der Waals surface area contributed by atoms with E-state index in [-0.39, 0.29) is 12.1 Å². The SMILES string of the molecule is O=C(O)c1cccc(-c2cccc(NCC(O)O)c2)c1. The number of hydrogen-bond donors (Lipinski definition) is 4. The number of carboxylic acid groups (broad SMARTS) is 1. The summed E-state index contributed by atoms with van der Waals surface area (Å²) in [5, 5.41) is 29.5. The van der Waals surface area contributed by atoms with Gasteiger partial charge in [-0.25, -0.2) is 4.79 Å². The molecule has 0 amide bonds. The maximum Gasteiger partial charge on any atom is 0.335 e. The zero-order chi connectivity index (χ0) is 14.5. The molecule has 0 aliphatic heterocycles. The lowest BCUT2D eigenvalue weighted by Gasteiger charge is -2.10. The van der Waals surface area contributed by atoms with Gasteiger partial charge >= 0.3 is 5.97 Å². The van der Waals surface area contributed by atoms with Gasteiger partial charge in [-0.1, -0.05) is 24.3 Å². The van der Waals surface area contributed by atoms with Crippen LogP contribution < -0.4 is 5.32 Å². The van der Waals surface area contributed by atoms with Crippen LogP contribution in [0.25, 0.3) is 11.1 Å². The molecule has 2 aromatic rings. The molecule has 104 valence electrons. The lowest BCUT2D eigenvalue weighted by molar-refractivity contribution is -0.0275. The van der Waals surface area contributed by atoms with Gasteiger partial charge in [-0.15, -0.1) is 0 Å². The molecule has 0 atom stereocenters. The first-order valence-corrected chi connectivity index (χ1v) is 6.10. The van der Waals surface area contributed by atoms with Crippen molar-refractivity contribution in [3.8, 4) is 11.1 Å². The summed E-state index contributed by atoms with van der Waals surface area (Å²) >= 11 is 0. The maximum atomic E-state index is 11.0. The van der Waals surface area contributed by atoms with Crippen molar-refractivity contribution in [1.29, 1.82) is 0 Å². The van der Waals surface area contributed by atoms with E-state index in [0.717, 1.165) is 16.8 Å². The fourth-order valence-corrected chi connectivity index (χ4v) is 1.85. The highest BCUT2D eigenvalue weighted by Crippen LogP contribution is 2.23. The molecule has 2 rings (SSSR count). The van der Waals surface area contributed by atoms with Crippen LogP contribution in [0.5, 0.6) is 0 Å². The lowest BCUT2D eigenvalue weighted by atomic mass is 10.0. The van der Waals surface area contributed by atoms with Gasteiger partial charge in [-0.3, -0.25) is 0 Å². The molecule has 0 fully saturated rings. The summed E-state index contributed by atoms with van der Waals surface area (Å²) in [4.78, 5) is 11.0. The minimum atomic E-state index is -1.42. The second kappa shape index (κ2) is 6.18. The Morgan fingerprint density at radius 2 is 1.70 bits per heavy atom. The number of rotatable bonds is 5. The maximum absolute atomic E-state index is 11.0. The smallest absolute Gasteiger partial charge is 0.335 e. The third-order valence-corrected chi connectivity index (χ3v) is 2.79. The average molecular weight is 273 g/mol. The van der Waals surface area contributed by atoms with Gasteiger partial charge in [-0.05, 0) is 35.4 Å². The summed E-state index contributed by atoms with van der Waals surface area (Å²) in [5.41, 5.74) is 2.60. The molecule has 0 bridgehead atoms. The van der Waals surface area contributed by atoms with Crippen LogP contribution in [-0.2, 0) is 0 Å². The first-order chi connectivity index (χ1) is 9.56. The van der Waals surface area contributed by atoms with Crippen LogP contribution in [0.2, 0.25) is 0 Å². The normalized spacial score (nSPS) is 10.6. The topological polar surface area (TPSA) is 89.8 Å². The van der Waals surface area contributed by atoms with Crippen LogP contribution in [0.15, 0.2) is 48.5 Å². The number of hydrogen-bond acceptors (Lipinski definition) is 4. The van der Waals surface area contributed by atoms with Crippen LogP contribution in [0.4, 0.5) is 5.69 Å². The third kappa shape index (κ3) is 3.57. The molecule has 0 spiro atoms. The number of carboxylic acids is 1. The molecule has 5 nitrogen and oxygen atoms in total. The number of aliphatic hydroxyl groups is 2. The highest BCUT2D eigenvalue weighted by atomic mass is 16.5. The molecule has 0 saturated heterocycles. The van der Waals surface area contributed by atoms with Crippen molar-refractivity contribution in [3.05, 3.63) is 54.1 Å². The average Bonchev–Trinajstić information content (AvgIpc) is 2.45. The molecule has 5 heteroatoms. The lowest BCUT2D eigenvalue weighted by Crippen LogP contribution is -2.18. The van der Waals surface area contributed by atoms with Crippen LogP contribution >= 0.6 is 0 Å². The van der Waals surface area contributed by atoms with Crippen molar-refractivity contribution in [3.63, 3.8) is 0 Å². The van der Waals surface area contributed by atoms with Gasteiger partial charge in [0.25, 0.3) is 0 Å². The van der Waals surface area contributed by atoms with Crippen molar-refractivity contribution in [1.82, 2.24) is 0 Å². The minimum Gasteiger partial charge on any atom is -0.478 e. The number of benzene rings is 2. The largest absolute Gasteiger partial charge is 0.478 e. The predicted molar refractivity (Wildman–Crippen MR) is 75.6 cm³/mol. The van der Waals surface area contributed by atoms with E-state index < -0.39 is 12.3 Å². The zero-order valence-corrected chi connectivity index (χ0v) is 10.7. The number of carbonyl (C=O) groups is 1. The van der Waals surface area contributed by atoms with Crippen molar-refractivity contribution < 1.29 is 20.1 Å². The molecular weight excluding hydrogens is 258 g/mol. The summed E-state index contributed by atoms with van der Waals surface area (Å²) in [7, 11) is 0. The summed E-state index contributed by atoms with van der Waals surface area (Å²) in [5.74, 6) is -0.968. The molecule has 4 N–H and O–H groups in total. The summed E-state index contributed by atoms with van der Waals surface area (Å²) in [6, 6.07) is 14.0. The molecule has 0 saturated carbocycles. The van der Waals surface area contributed by atoms with E-state index in [1.165, 1.54) is 6.07 Å². The van der Waals surface area contributed by atoms with Crippen LogP contribution in [0.1, 0.15) is 10.4 Å². The Morgan fingerprint density at radius 1 is 1.05 bits per heavy atom. The Morgan fingerprint density at radius 3 is 2.35 bits per heavy atom. The minimum absolute atomic E-state index is 0.0264. The molecule has 0 unspecified atom stereocenters. The number of aromatic carboxylic acids is 1. The molecule has 2 aromatic carbocycles. The van der Waals surface area contributed by atoms with Crippen LogP contribution in [-0.4, -0.2) is 34.1 Å². The van der Waals surface area contributed by atoms with E-state index in [1.807, 2.05) is 24.3 Å². The van der Waals surface area contributed by atoms with Crippen molar-refractivity contribution >= 4 is 11.7 Å². The van der Waals surface area contributed by atoms with E-state index >= 15 is 0 Å².